The molecule has 1 aliphatic rings. The Balaban J connectivity index is 1.89. The van der Waals surface area contributed by atoms with E-state index < -0.39 is 16.1 Å². The van der Waals surface area contributed by atoms with E-state index in [0.29, 0.717) is 16.9 Å². The molecule has 28 heavy (non-hydrogen) atoms. The van der Waals surface area contributed by atoms with Crippen molar-refractivity contribution in [1.82, 2.24) is 0 Å². The van der Waals surface area contributed by atoms with Crippen molar-refractivity contribution in [2.24, 2.45) is 0 Å². The molecule has 5 nitrogen and oxygen atoms in total. The average Bonchev–Trinajstić information content (AvgIpc) is 2.67. The second-order valence-electron chi connectivity index (χ2n) is 6.52. The number of sulfonamides is 1. The summed E-state index contributed by atoms with van der Waals surface area (Å²) in [7, 11) is -4.01. The summed E-state index contributed by atoms with van der Waals surface area (Å²) in [5, 5.41) is 0. The molecule has 0 fully saturated rings. The molecule has 3 aromatic carbocycles. The van der Waals surface area contributed by atoms with Gasteiger partial charge in [-0.1, -0.05) is 58.4 Å². The van der Waals surface area contributed by atoms with Crippen LogP contribution in [-0.2, 0) is 16.6 Å². The Hall–Kier alpha value is -2.64. The largest absolute Gasteiger partial charge is 0.343 e. The van der Waals surface area contributed by atoms with E-state index in [0.717, 1.165) is 14.3 Å². The van der Waals surface area contributed by atoms with E-state index in [1.807, 2.05) is 30.3 Å². The van der Waals surface area contributed by atoms with Gasteiger partial charge in [0.05, 0.1) is 17.9 Å². The van der Waals surface area contributed by atoms with E-state index in [-0.39, 0.29) is 11.4 Å². The minimum absolute atomic E-state index is 0.118. The highest BCUT2D eigenvalue weighted by Gasteiger charge is 2.42. The van der Waals surface area contributed by atoms with Crippen molar-refractivity contribution in [1.29, 1.82) is 0 Å². The fourth-order valence-corrected chi connectivity index (χ4v) is 5.41. The molecule has 0 saturated heterocycles. The van der Waals surface area contributed by atoms with Crippen molar-refractivity contribution < 1.29 is 13.2 Å². The van der Waals surface area contributed by atoms with Crippen molar-refractivity contribution in [2.75, 3.05) is 9.21 Å². The van der Waals surface area contributed by atoms with Crippen LogP contribution in [0.3, 0.4) is 0 Å². The molecule has 3 aromatic rings. The quantitative estimate of drug-likeness (QED) is 0.551. The van der Waals surface area contributed by atoms with Crippen molar-refractivity contribution in [2.45, 2.75) is 18.4 Å². The summed E-state index contributed by atoms with van der Waals surface area (Å²) in [6.45, 7) is 2.05. The zero-order valence-electron chi connectivity index (χ0n) is 15.0. The average molecular weight is 457 g/mol. The molecule has 0 aliphatic carbocycles. The van der Waals surface area contributed by atoms with Gasteiger partial charge in [0.1, 0.15) is 4.90 Å². The lowest BCUT2D eigenvalue weighted by Crippen LogP contribution is -2.51. The standard InChI is InChI=1S/C21H17BrN2O3S/c1-15-7-2-3-10-18(15)24-21(25)23(14-16-8-6-9-17(22)13-16)19-11-4-5-12-20(19)28(24,26)27/h2-13H,14H2,1H3. The molecule has 0 unspecified atom stereocenters. The Bertz CT molecular complexity index is 1180. The van der Waals surface area contributed by atoms with Gasteiger partial charge < -0.3 is 0 Å². The number of amides is 2. The van der Waals surface area contributed by atoms with Gasteiger partial charge in [-0.05, 0) is 48.4 Å². The summed E-state index contributed by atoms with van der Waals surface area (Å²) in [4.78, 5) is 15.0. The topological polar surface area (TPSA) is 57.7 Å². The first kappa shape index (κ1) is 18.7. The van der Waals surface area contributed by atoms with Crippen molar-refractivity contribution in [3.8, 4) is 0 Å². The minimum atomic E-state index is -4.01. The normalized spacial score (nSPS) is 15.4. The van der Waals surface area contributed by atoms with E-state index in [1.54, 1.807) is 43.3 Å². The molecular weight excluding hydrogens is 440 g/mol. The number of fused-ring (bicyclic) bond motifs is 1. The van der Waals surface area contributed by atoms with E-state index in [1.165, 1.54) is 11.0 Å². The second-order valence-corrected chi connectivity index (χ2v) is 9.19. The van der Waals surface area contributed by atoms with Crippen molar-refractivity contribution in [3.63, 3.8) is 0 Å². The van der Waals surface area contributed by atoms with Gasteiger partial charge >= 0.3 is 6.03 Å². The number of carbonyl (C=O) groups excluding carboxylic acids is 1. The number of aryl methyl sites for hydroxylation is 1. The number of para-hydroxylation sites is 2. The Morgan fingerprint density at radius 1 is 0.893 bits per heavy atom. The van der Waals surface area contributed by atoms with E-state index in [4.69, 9.17) is 0 Å². The zero-order chi connectivity index (χ0) is 19.9. The molecule has 1 aliphatic heterocycles. The van der Waals surface area contributed by atoms with Gasteiger partial charge in [0.25, 0.3) is 10.0 Å². The first-order valence-corrected chi connectivity index (χ1v) is 10.9. The van der Waals surface area contributed by atoms with Crippen molar-refractivity contribution >= 4 is 43.4 Å². The Morgan fingerprint density at radius 3 is 2.29 bits per heavy atom. The molecule has 0 saturated carbocycles. The number of nitrogens with zero attached hydrogens (tertiary/aromatic N) is 2. The van der Waals surface area contributed by atoms with Crippen LogP contribution in [0.2, 0.25) is 0 Å². The second kappa shape index (κ2) is 7.07. The number of urea groups is 1. The van der Waals surface area contributed by atoms with E-state index >= 15 is 0 Å². The highest BCUT2D eigenvalue weighted by Crippen LogP contribution is 2.38. The highest BCUT2D eigenvalue weighted by atomic mass is 79.9. The van der Waals surface area contributed by atoms with Gasteiger partial charge in [-0.2, -0.15) is 4.31 Å². The van der Waals surface area contributed by atoms with Crippen LogP contribution in [0.15, 0.2) is 82.2 Å². The predicted octanol–water partition coefficient (Wildman–Crippen LogP) is 5.09. The third-order valence-electron chi connectivity index (χ3n) is 4.64. The molecule has 142 valence electrons. The zero-order valence-corrected chi connectivity index (χ0v) is 17.4. The number of hydrogen-bond acceptors (Lipinski definition) is 3. The van der Waals surface area contributed by atoms with Gasteiger partial charge in [0.15, 0.2) is 0 Å². The van der Waals surface area contributed by atoms with Gasteiger partial charge in [-0.25, -0.2) is 13.2 Å². The van der Waals surface area contributed by atoms with Crippen LogP contribution in [0.5, 0.6) is 0 Å². The lowest BCUT2D eigenvalue weighted by atomic mass is 10.2. The fraction of sp³-hybridized carbons (Fsp3) is 0.0952. The minimum Gasteiger partial charge on any atom is -0.287 e. The molecule has 0 radical (unpaired) electrons. The summed E-state index contributed by atoms with van der Waals surface area (Å²) in [6, 6.07) is 20.6. The predicted molar refractivity (Wildman–Crippen MR) is 113 cm³/mol. The summed E-state index contributed by atoms with van der Waals surface area (Å²) >= 11 is 3.44. The third kappa shape index (κ3) is 3.10. The molecule has 2 amide bonds. The van der Waals surface area contributed by atoms with Crippen molar-refractivity contribution in [3.05, 3.63) is 88.4 Å². The molecule has 7 heteroatoms. The van der Waals surface area contributed by atoms with Gasteiger partial charge in [0.2, 0.25) is 0 Å². The first-order chi connectivity index (χ1) is 13.4. The maximum absolute atomic E-state index is 13.4. The lowest BCUT2D eigenvalue weighted by Gasteiger charge is -2.36. The molecule has 0 bridgehead atoms. The van der Waals surface area contributed by atoms with Gasteiger partial charge in [-0.15, -0.1) is 0 Å². The Kier molecular flexibility index (Phi) is 4.72. The Morgan fingerprint density at radius 2 is 1.57 bits per heavy atom. The summed E-state index contributed by atoms with van der Waals surface area (Å²) < 4.78 is 28.4. The van der Waals surface area contributed by atoms with Crippen LogP contribution < -0.4 is 9.21 Å². The SMILES string of the molecule is Cc1ccccc1N1C(=O)N(Cc2cccc(Br)c2)c2ccccc2S1(=O)=O. The number of halogens is 1. The number of rotatable bonds is 3. The molecule has 1 heterocycles. The molecule has 0 atom stereocenters. The summed E-state index contributed by atoms with van der Waals surface area (Å²) in [5.74, 6) is 0. The molecule has 0 aromatic heterocycles. The highest BCUT2D eigenvalue weighted by molar-refractivity contribution is 9.10. The monoisotopic (exact) mass is 456 g/mol. The van der Waals surface area contributed by atoms with Crippen LogP contribution in [0.25, 0.3) is 0 Å². The lowest BCUT2D eigenvalue weighted by molar-refractivity contribution is 0.253. The van der Waals surface area contributed by atoms with Crippen LogP contribution in [0, 0.1) is 6.92 Å². The summed E-state index contributed by atoms with van der Waals surface area (Å²) in [6.07, 6.45) is 0. The molecule has 0 N–H and O–H groups in total. The van der Waals surface area contributed by atoms with Crippen LogP contribution in [0.1, 0.15) is 11.1 Å². The first-order valence-electron chi connectivity index (χ1n) is 8.65. The van der Waals surface area contributed by atoms with E-state index in [2.05, 4.69) is 15.9 Å². The van der Waals surface area contributed by atoms with E-state index in [9.17, 15) is 13.2 Å². The molecular formula is C21H17BrN2O3S. The number of hydrogen-bond donors (Lipinski definition) is 0. The number of benzene rings is 3. The Labute approximate surface area is 172 Å². The van der Waals surface area contributed by atoms with Crippen LogP contribution in [0.4, 0.5) is 16.2 Å². The molecule has 0 spiro atoms. The number of anilines is 2. The maximum atomic E-state index is 13.4. The van der Waals surface area contributed by atoms with Gasteiger partial charge in [-0.3, -0.25) is 4.90 Å². The number of carbonyl (C=O) groups is 1. The van der Waals surface area contributed by atoms with Crippen LogP contribution >= 0.6 is 15.9 Å². The smallest absolute Gasteiger partial charge is 0.287 e. The maximum Gasteiger partial charge on any atom is 0.343 e. The fourth-order valence-electron chi connectivity index (χ4n) is 3.31. The summed E-state index contributed by atoms with van der Waals surface area (Å²) in [5.41, 5.74) is 2.35. The molecule has 4 rings (SSSR count). The van der Waals surface area contributed by atoms with Crippen LogP contribution in [-0.4, -0.2) is 14.4 Å². The third-order valence-corrected chi connectivity index (χ3v) is 6.87. The van der Waals surface area contributed by atoms with Gasteiger partial charge in [0, 0.05) is 4.47 Å².